The number of nitrogens with zero attached hydrogens (tertiary/aromatic N) is 2. The molecule has 1 saturated heterocycles. The van der Waals surface area contributed by atoms with Crippen molar-refractivity contribution in [2.75, 3.05) is 38.6 Å². The van der Waals surface area contributed by atoms with Crippen molar-refractivity contribution in [1.29, 1.82) is 0 Å². The second kappa shape index (κ2) is 7.14. The van der Waals surface area contributed by atoms with Crippen molar-refractivity contribution in [2.24, 2.45) is 10.9 Å². The summed E-state index contributed by atoms with van der Waals surface area (Å²) in [6.45, 7) is 7.26. The fourth-order valence-corrected chi connectivity index (χ4v) is 4.69. The van der Waals surface area contributed by atoms with E-state index < -0.39 is 0 Å². The van der Waals surface area contributed by atoms with E-state index in [1.807, 2.05) is 11.8 Å². The summed E-state index contributed by atoms with van der Waals surface area (Å²) in [5.41, 5.74) is 0. The molecule has 2 heterocycles. The van der Waals surface area contributed by atoms with E-state index >= 15 is 0 Å². The number of morpholine rings is 1. The Labute approximate surface area is 126 Å². The Morgan fingerprint density at radius 1 is 1.35 bits per heavy atom. The highest BCUT2D eigenvalue weighted by Gasteiger charge is 2.29. The molecule has 1 saturated carbocycles. The fraction of sp³-hybridized carbons (Fsp3) is 0.933. The standard InChI is InChI=1S/C15H27N3OS/c1-12(10-18-6-8-19-9-7-18)16-15-17-14-5-3-2-4-13(14)11-20-15/h12-14H,2-11H2,1H3,(H,16,17). The van der Waals surface area contributed by atoms with Crippen molar-refractivity contribution in [1.82, 2.24) is 10.2 Å². The smallest absolute Gasteiger partial charge is 0.157 e. The lowest BCUT2D eigenvalue weighted by atomic mass is 9.86. The molecule has 0 amide bonds. The first kappa shape index (κ1) is 14.7. The molecule has 114 valence electrons. The Bertz CT molecular complexity index is 344. The molecule has 3 unspecified atom stereocenters. The van der Waals surface area contributed by atoms with Crippen LogP contribution in [0.25, 0.3) is 0 Å². The van der Waals surface area contributed by atoms with Gasteiger partial charge in [-0.1, -0.05) is 24.6 Å². The molecule has 2 fully saturated rings. The maximum atomic E-state index is 5.40. The quantitative estimate of drug-likeness (QED) is 0.864. The lowest BCUT2D eigenvalue weighted by Gasteiger charge is -2.34. The highest BCUT2D eigenvalue weighted by atomic mass is 32.2. The van der Waals surface area contributed by atoms with Crippen LogP contribution in [-0.4, -0.2) is 60.8 Å². The van der Waals surface area contributed by atoms with E-state index in [9.17, 15) is 0 Å². The molecular formula is C15H27N3OS. The maximum Gasteiger partial charge on any atom is 0.157 e. The van der Waals surface area contributed by atoms with E-state index in [0.29, 0.717) is 12.1 Å². The summed E-state index contributed by atoms with van der Waals surface area (Å²) in [5.74, 6) is 2.11. The zero-order chi connectivity index (χ0) is 13.8. The van der Waals surface area contributed by atoms with Gasteiger partial charge in [-0.3, -0.25) is 9.89 Å². The normalized spacial score (nSPS) is 33.1. The van der Waals surface area contributed by atoms with Crippen molar-refractivity contribution in [3.05, 3.63) is 0 Å². The maximum absolute atomic E-state index is 5.40. The molecule has 0 radical (unpaired) electrons. The number of amidine groups is 1. The number of aliphatic imine (C=N–C) groups is 1. The summed E-state index contributed by atoms with van der Waals surface area (Å²) < 4.78 is 5.40. The van der Waals surface area contributed by atoms with Gasteiger partial charge in [0.15, 0.2) is 5.17 Å². The monoisotopic (exact) mass is 297 g/mol. The number of hydrogen-bond acceptors (Lipinski definition) is 5. The van der Waals surface area contributed by atoms with Gasteiger partial charge in [0.2, 0.25) is 0 Å². The molecular weight excluding hydrogens is 270 g/mol. The third-order valence-corrected chi connectivity index (χ3v) is 5.68. The van der Waals surface area contributed by atoms with Gasteiger partial charge in [0, 0.05) is 31.4 Å². The highest BCUT2D eigenvalue weighted by molar-refractivity contribution is 8.13. The minimum absolute atomic E-state index is 0.472. The Morgan fingerprint density at radius 2 is 2.15 bits per heavy atom. The van der Waals surface area contributed by atoms with Gasteiger partial charge < -0.3 is 10.1 Å². The van der Waals surface area contributed by atoms with Crippen molar-refractivity contribution in [3.63, 3.8) is 0 Å². The van der Waals surface area contributed by atoms with Crippen LogP contribution in [0.3, 0.4) is 0 Å². The van der Waals surface area contributed by atoms with Crippen LogP contribution >= 0.6 is 11.8 Å². The van der Waals surface area contributed by atoms with Crippen LogP contribution in [0.2, 0.25) is 0 Å². The first-order valence-corrected chi connectivity index (χ1v) is 9.07. The number of hydrogen-bond donors (Lipinski definition) is 1. The van der Waals surface area contributed by atoms with E-state index in [1.165, 1.54) is 36.6 Å². The molecule has 0 aromatic heterocycles. The van der Waals surface area contributed by atoms with Crippen LogP contribution in [0, 0.1) is 5.92 Å². The predicted molar refractivity (Wildman–Crippen MR) is 85.5 cm³/mol. The van der Waals surface area contributed by atoms with Gasteiger partial charge in [-0.05, 0) is 25.7 Å². The summed E-state index contributed by atoms with van der Waals surface area (Å²) in [7, 11) is 0. The average Bonchev–Trinajstić information content (AvgIpc) is 2.48. The summed E-state index contributed by atoms with van der Waals surface area (Å²) >= 11 is 1.93. The Kier molecular flexibility index (Phi) is 5.24. The lowest BCUT2D eigenvalue weighted by molar-refractivity contribution is 0.0353. The van der Waals surface area contributed by atoms with E-state index in [2.05, 4.69) is 17.1 Å². The number of nitrogens with one attached hydrogen (secondary N) is 1. The minimum Gasteiger partial charge on any atom is -0.379 e. The first-order valence-electron chi connectivity index (χ1n) is 8.08. The number of fused-ring (bicyclic) bond motifs is 1. The van der Waals surface area contributed by atoms with E-state index in [1.54, 1.807) is 0 Å². The van der Waals surface area contributed by atoms with E-state index in [0.717, 1.165) is 38.8 Å². The van der Waals surface area contributed by atoms with Gasteiger partial charge in [-0.2, -0.15) is 0 Å². The average molecular weight is 297 g/mol. The summed E-state index contributed by atoms with van der Waals surface area (Å²) in [5, 5.41) is 4.82. The van der Waals surface area contributed by atoms with Crippen molar-refractivity contribution < 1.29 is 4.74 Å². The molecule has 0 aromatic carbocycles. The van der Waals surface area contributed by atoms with Gasteiger partial charge in [0.1, 0.15) is 0 Å². The van der Waals surface area contributed by atoms with Crippen molar-refractivity contribution in [3.8, 4) is 0 Å². The topological polar surface area (TPSA) is 36.9 Å². The first-order chi connectivity index (χ1) is 9.81. The van der Waals surface area contributed by atoms with Crippen LogP contribution in [0.1, 0.15) is 32.6 Å². The van der Waals surface area contributed by atoms with Gasteiger partial charge in [-0.15, -0.1) is 0 Å². The molecule has 1 N–H and O–H groups in total. The SMILES string of the molecule is CC(CN1CCOCC1)NC1=NC2CCCCC2CS1. The fourth-order valence-electron chi connectivity index (χ4n) is 3.43. The molecule has 4 nitrogen and oxygen atoms in total. The largest absolute Gasteiger partial charge is 0.379 e. The minimum atomic E-state index is 0.472. The van der Waals surface area contributed by atoms with Gasteiger partial charge >= 0.3 is 0 Å². The molecule has 5 heteroatoms. The van der Waals surface area contributed by atoms with Crippen molar-refractivity contribution >= 4 is 16.9 Å². The van der Waals surface area contributed by atoms with Gasteiger partial charge in [-0.25, -0.2) is 0 Å². The van der Waals surface area contributed by atoms with E-state index in [-0.39, 0.29) is 0 Å². The zero-order valence-electron chi connectivity index (χ0n) is 12.5. The van der Waals surface area contributed by atoms with E-state index in [4.69, 9.17) is 9.73 Å². The summed E-state index contributed by atoms with van der Waals surface area (Å²) in [6, 6.07) is 1.07. The molecule has 0 spiro atoms. The molecule has 0 aromatic rings. The van der Waals surface area contributed by atoms with Crippen LogP contribution in [0.5, 0.6) is 0 Å². The second-order valence-electron chi connectivity index (χ2n) is 6.32. The zero-order valence-corrected chi connectivity index (χ0v) is 13.3. The summed E-state index contributed by atoms with van der Waals surface area (Å²) in [4.78, 5) is 7.45. The molecule has 2 aliphatic heterocycles. The van der Waals surface area contributed by atoms with Crippen LogP contribution in [0.4, 0.5) is 0 Å². The van der Waals surface area contributed by atoms with Gasteiger partial charge in [0.05, 0.1) is 19.3 Å². The molecule has 3 aliphatic rings. The van der Waals surface area contributed by atoms with Crippen LogP contribution < -0.4 is 5.32 Å². The Balaban J connectivity index is 1.48. The Hall–Kier alpha value is -0.260. The lowest BCUT2D eigenvalue weighted by Crippen LogP contribution is -2.46. The molecule has 3 atom stereocenters. The molecule has 3 rings (SSSR count). The second-order valence-corrected chi connectivity index (χ2v) is 7.32. The van der Waals surface area contributed by atoms with Crippen LogP contribution in [-0.2, 0) is 4.74 Å². The third-order valence-electron chi connectivity index (χ3n) is 4.59. The predicted octanol–water partition coefficient (Wildman–Crippen LogP) is 1.96. The summed E-state index contributed by atoms with van der Waals surface area (Å²) in [6.07, 6.45) is 5.46. The van der Waals surface area contributed by atoms with Gasteiger partial charge in [0.25, 0.3) is 0 Å². The number of rotatable bonds is 3. The number of ether oxygens (including phenoxy) is 1. The van der Waals surface area contributed by atoms with Crippen molar-refractivity contribution in [2.45, 2.75) is 44.7 Å². The number of thioether (sulfide) groups is 1. The molecule has 1 aliphatic carbocycles. The third kappa shape index (κ3) is 3.89. The highest BCUT2D eigenvalue weighted by Crippen LogP contribution is 2.33. The Morgan fingerprint density at radius 3 is 3.00 bits per heavy atom. The van der Waals surface area contributed by atoms with Crippen LogP contribution in [0.15, 0.2) is 4.99 Å². The molecule has 0 bridgehead atoms. The molecule has 20 heavy (non-hydrogen) atoms.